The van der Waals surface area contributed by atoms with Crippen molar-refractivity contribution >= 4 is 17.7 Å². The highest BCUT2D eigenvalue weighted by atomic mass is 16.5. The molecular weight excluding hydrogens is 400 g/mol. The van der Waals surface area contributed by atoms with Crippen LogP contribution in [0.4, 0.5) is 0 Å². The molecule has 0 saturated carbocycles. The number of rotatable bonds is 17. The van der Waals surface area contributed by atoms with Crippen molar-refractivity contribution in [2.45, 2.75) is 40.0 Å². The molecule has 0 radical (unpaired) electrons. The minimum atomic E-state index is -0.472. The molecule has 0 aliphatic heterocycles. The highest BCUT2D eigenvalue weighted by molar-refractivity contribution is 5.98. The number of ether oxygens (including phenoxy) is 3. The highest BCUT2D eigenvalue weighted by Gasteiger charge is 2.21. The topological polar surface area (TPSA) is 103 Å². The molecule has 0 aliphatic carbocycles. The van der Waals surface area contributed by atoms with Gasteiger partial charge in [0.1, 0.15) is 5.75 Å². The molecule has 1 aromatic rings. The quantitative estimate of drug-likeness (QED) is 0.218. The zero-order chi connectivity index (χ0) is 22.9. The number of ketones is 1. The van der Waals surface area contributed by atoms with Crippen LogP contribution in [0, 0.1) is 5.92 Å². The summed E-state index contributed by atoms with van der Waals surface area (Å²) in [4.78, 5) is 36.1. The van der Waals surface area contributed by atoms with E-state index in [9.17, 15) is 14.4 Å². The minimum absolute atomic E-state index is 0.0139. The van der Waals surface area contributed by atoms with Crippen molar-refractivity contribution in [3.8, 4) is 5.75 Å². The van der Waals surface area contributed by atoms with E-state index in [1.54, 1.807) is 38.1 Å². The highest BCUT2D eigenvalue weighted by Crippen LogP contribution is 2.16. The van der Waals surface area contributed by atoms with E-state index in [0.717, 1.165) is 25.0 Å². The average Bonchev–Trinajstić information content (AvgIpc) is 2.76. The van der Waals surface area contributed by atoms with Crippen molar-refractivity contribution in [1.82, 2.24) is 10.6 Å². The second-order valence-electron chi connectivity index (χ2n) is 7.01. The van der Waals surface area contributed by atoms with E-state index >= 15 is 0 Å². The molecule has 8 nitrogen and oxygen atoms in total. The molecule has 8 heteroatoms. The van der Waals surface area contributed by atoms with Crippen molar-refractivity contribution in [3.05, 3.63) is 29.8 Å². The Morgan fingerprint density at radius 2 is 1.39 bits per heavy atom. The first-order valence-corrected chi connectivity index (χ1v) is 11.0. The largest absolute Gasteiger partial charge is 0.494 e. The Morgan fingerprint density at radius 3 is 1.87 bits per heavy atom. The maximum absolute atomic E-state index is 13.0. The monoisotopic (exact) mass is 436 g/mol. The molecular formula is C23H36N2O6. The van der Waals surface area contributed by atoms with Crippen molar-refractivity contribution in [2.75, 3.05) is 46.0 Å². The third-order valence-corrected chi connectivity index (χ3v) is 4.46. The fourth-order valence-corrected chi connectivity index (χ4v) is 2.87. The molecule has 1 aromatic carbocycles. The van der Waals surface area contributed by atoms with E-state index in [0.29, 0.717) is 25.4 Å². The van der Waals surface area contributed by atoms with Gasteiger partial charge >= 0.3 is 11.9 Å². The van der Waals surface area contributed by atoms with E-state index in [-0.39, 0.29) is 43.9 Å². The zero-order valence-corrected chi connectivity index (χ0v) is 18.9. The van der Waals surface area contributed by atoms with Gasteiger partial charge in [0.2, 0.25) is 0 Å². The Balaban J connectivity index is 2.67. The van der Waals surface area contributed by atoms with Gasteiger partial charge in [-0.3, -0.25) is 14.4 Å². The first-order valence-electron chi connectivity index (χ1n) is 11.0. The molecule has 0 aromatic heterocycles. The number of esters is 2. The molecule has 31 heavy (non-hydrogen) atoms. The predicted octanol–water partition coefficient (Wildman–Crippen LogP) is 2.36. The molecule has 0 spiro atoms. The van der Waals surface area contributed by atoms with Crippen molar-refractivity contribution < 1.29 is 28.6 Å². The fourth-order valence-electron chi connectivity index (χ4n) is 2.87. The van der Waals surface area contributed by atoms with Crippen LogP contribution < -0.4 is 15.4 Å². The maximum Gasteiger partial charge on any atom is 0.319 e. The summed E-state index contributed by atoms with van der Waals surface area (Å²) in [6.45, 7) is 7.43. The number of unbranched alkanes of at least 4 members (excludes halogenated alkanes) is 2. The molecule has 174 valence electrons. The van der Waals surface area contributed by atoms with Crippen LogP contribution in [0.2, 0.25) is 0 Å². The number of carbonyl (C=O) groups is 3. The van der Waals surface area contributed by atoms with Gasteiger partial charge in [0.05, 0.1) is 32.9 Å². The summed E-state index contributed by atoms with van der Waals surface area (Å²) in [6, 6.07) is 7.05. The molecule has 0 heterocycles. The van der Waals surface area contributed by atoms with Crippen LogP contribution in [0.15, 0.2) is 24.3 Å². The Labute approximate surface area is 185 Å². The van der Waals surface area contributed by atoms with Crippen molar-refractivity contribution in [1.29, 1.82) is 0 Å². The Hall–Kier alpha value is -2.45. The lowest BCUT2D eigenvalue weighted by Gasteiger charge is -2.17. The molecule has 0 aliphatic rings. The second kappa shape index (κ2) is 16.3. The molecule has 0 bridgehead atoms. The fraction of sp³-hybridized carbons (Fsp3) is 0.609. The SMILES string of the molecule is CCCCCOc1ccc(C(=O)C(CNCC(=O)OCC)CNCC(=O)OCC)cc1. The minimum Gasteiger partial charge on any atom is -0.494 e. The van der Waals surface area contributed by atoms with Gasteiger partial charge in [-0.25, -0.2) is 0 Å². The van der Waals surface area contributed by atoms with Gasteiger partial charge in [0, 0.05) is 24.6 Å². The summed E-state index contributed by atoms with van der Waals surface area (Å²) in [7, 11) is 0. The number of hydrogen-bond donors (Lipinski definition) is 2. The van der Waals surface area contributed by atoms with Crippen molar-refractivity contribution in [3.63, 3.8) is 0 Å². The molecule has 0 fully saturated rings. The van der Waals surface area contributed by atoms with E-state index in [2.05, 4.69) is 17.6 Å². The van der Waals surface area contributed by atoms with Gasteiger partial charge in [-0.05, 0) is 44.5 Å². The van der Waals surface area contributed by atoms with Crippen LogP contribution in [0.25, 0.3) is 0 Å². The lowest BCUT2D eigenvalue weighted by atomic mass is 9.97. The normalized spacial score (nSPS) is 10.7. The summed E-state index contributed by atoms with van der Waals surface area (Å²) >= 11 is 0. The standard InChI is InChI=1S/C23H36N2O6/c1-4-7-8-13-31-20-11-9-18(10-12-20)23(28)19(14-24-16-21(26)29-5-2)15-25-17-22(27)30-6-3/h9-12,19,24-25H,4-8,13-17H2,1-3H3. The lowest BCUT2D eigenvalue weighted by Crippen LogP contribution is -2.40. The number of nitrogens with one attached hydrogen (secondary N) is 2. The van der Waals surface area contributed by atoms with Crippen LogP contribution in [0.5, 0.6) is 5.75 Å². The molecule has 2 N–H and O–H groups in total. The summed E-state index contributed by atoms with van der Waals surface area (Å²) < 4.78 is 15.5. The van der Waals surface area contributed by atoms with Gasteiger partial charge in [-0.15, -0.1) is 0 Å². The van der Waals surface area contributed by atoms with Crippen LogP contribution >= 0.6 is 0 Å². The first kappa shape index (κ1) is 26.6. The molecule has 0 saturated heterocycles. The first-order chi connectivity index (χ1) is 15.0. The Bertz CT molecular complexity index is 639. The molecule has 0 unspecified atom stereocenters. The Kier molecular flexibility index (Phi) is 14.0. The second-order valence-corrected chi connectivity index (χ2v) is 7.01. The van der Waals surface area contributed by atoms with Crippen LogP contribution in [-0.4, -0.2) is 63.7 Å². The smallest absolute Gasteiger partial charge is 0.319 e. The van der Waals surface area contributed by atoms with Gasteiger partial charge in [0.15, 0.2) is 5.78 Å². The Morgan fingerprint density at radius 1 is 0.839 bits per heavy atom. The molecule has 0 amide bonds. The third kappa shape index (κ3) is 11.5. The van der Waals surface area contributed by atoms with Gasteiger partial charge < -0.3 is 24.8 Å². The lowest BCUT2D eigenvalue weighted by molar-refractivity contribution is -0.142. The van der Waals surface area contributed by atoms with E-state index in [4.69, 9.17) is 14.2 Å². The van der Waals surface area contributed by atoms with Gasteiger partial charge in [-0.1, -0.05) is 19.8 Å². The van der Waals surface area contributed by atoms with Crippen molar-refractivity contribution in [2.24, 2.45) is 5.92 Å². The predicted molar refractivity (Wildman–Crippen MR) is 118 cm³/mol. The maximum atomic E-state index is 13.0. The van der Waals surface area contributed by atoms with Gasteiger partial charge in [0.25, 0.3) is 0 Å². The summed E-state index contributed by atoms with van der Waals surface area (Å²) in [5.41, 5.74) is 0.543. The number of benzene rings is 1. The van der Waals surface area contributed by atoms with E-state index in [1.165, 1.54) is 0 Å². The number of carbonyl (C=O) groups excluding carboxylic acids is 3. The van der Waals surface area contributed by atoms with Crippen LogP contribution in [-0.2, 0) is 19.1 Å². The van der Waals surface area contributed by atoms with E-state index in [1.807, 2.05) is 0 Å². The summed E-state index contributed by atoms with van der Waals surface area (Å²) in [6.07, 6.45) is 3.25. The average molecular weight is 437 g/mol. The zero-order valence-electron chi connectivity index (χ0n) is 18.9. The third-order valence-electron chi connectivity index (χ3n) is 4.46. The number of hydrogen-bond acceptors (Lipinski definition) is 8. The van der Waals surface area contributed by atoms with E-state index < -0.39 is 5.92 Å². The molecule has 0 atom stereocenters. The molecule has 1 rings (SSSR count). The van der Waals surface area contributed by atoms with Crippen LogP contribution in [0.3, 0.4) is 0 Å². The summed E-state index contributed by atoms with van der Waals surface area (Å²) in [5, 5.41) is 5.92. The van der Waals surface area contributed by atoms with Gasteiger partial charge in [-0.2, -0.15) is 0 Å². The number of Topliss-reactive ketones (excluding diaryl/α,β-unsaturated/α-hetero) is 1. The summed E-state index contributed by atoms with van der Waals surface area (Å²) in [5.74, 6) is -0.592. The van der Waals surface area contributed by atoms with Crippen LogP contribution in [0.1, 0.15) is 50.4 Å².